The highest BCUT2D eigenvalue weighted by molar-refractivity contribution is 14.0. The van der Waals surface area contributed by atoms with Crippen LogP contribution < -0.4 is 10.2 Å². The average Bonchev–Trinajstić information content (AvgIpc) is 2.80. The summed E-state index contributed by atoms with van der Waals surface area (Å²) in [5.41, 5.74) is 2.46. The SMILES string of the molecule is CC(=O)N(C)c1cccc(C(=O)/C=C\N(C)C)c1.CC(=O)Nc1cccc(C(=O)/C=C\N(C)C)c1.I.[CH3+]. The zero-order chi connectivity index (χ0) is 26.5. The number of halogens is 1. The highest BCUT2D eigenvalue weighted by Crippen LogP contribution is 2.16. The average molecular weight is 622 g/mol. The summed E-state index contributed by atoms with van der Waals surface area (Å²) in [6.07, 6.45) is 6.39. The molecule has 2 amide bonds. The van der Waals surface area contributed by atoms with Crippen molar-refractivity contribution in [2.45, 2.75) is 13.8 Å². The molecule has 0 aliphatic rings. The summed E-state index contributed by atoms with van der Waals surface area (Å²) in [6.45, 7) is 2.92. The fourth-order valence-electron chi connectivity index (χ4n) is 2.63. The second kappa shape index (κ2) is 17.8. The molecule has 2 rings (SSSR count). The minimum atomic E-state index is -0.154. The van der Waals surface area contributed by atoms with Gasteiger partial charge < -0.3 is 20.0 Å². The predicted molar refractivity (Wildman–Crippen MR) is 162 cm³/mol. The number of hydrogen-bond acceptors (Lipinski definition) is 6. The number of anilines is 2. The van der Waals surface area contributed by atoms with E-state index >= 15 is 0 Å². The minimum absolute atomic E-state index is 0. The molecule has 200 valence electrons. The molecular formula is C28H38IN4O4+. The van der Waals surface area contributed by atoms with Gasteiger partial charge in [0.15, 0.2) is 11.6 Å². The lowest BCUT2D eigenvalue weighted by molar-refractivity contribution is -0.116. The number of nitrogens with zero attached hydrogens (tertiary/aromatic N) is 3. The summed E-state index contributed by atoms with van der Waals surface area (Å²) >= 11 is 0. The predicted octanol–water partition coefficient (Wildman–Crippen LogP) is 4.90. The Balaban J connectivity index is 0. The van der Waals surface area contributed by atoms with Crippen LogP contribution in [0.1, 0.15) is 34.6 Å². The van der Waals surface area contributed by atoms with E-state index in [1.807, 2.05) is 28.2 Å². The molecule has 0 atom stereocenters. The van der Waals surface area contributed by atoms with Crippen molar-refractivity contribution in [2.24, 2.45) is 0 Å². The van der Waals surface area contributed by atoms with E-state index in [1.165, 1.54) is 30.9 Å². The van der Waals surface area contributed by atoms with E-state index in [1.54, 1.807) is 77.8 Å². The Bertz CT molecular complexity index is 1110. The smallest absolute Gasteiger partial charge is 0.223 e. The Hall–Kier alpha value is -3.60. The number of nitrogens with one attached hydrogen (secondary N) is 1. The number of benzene rings is 2. The molecule has 1 N–H and O–H groups in total. The normalized spacial score (nSPS) is 9.81. The molecule has 0 saturated carbocycles. The second-order valence-electron chi connectivity index (χ2n) is 8.18. The topological polar surface area (TPSA) is 90.0 Å². The summed E-state index contributed by atoms with van der Waals surface area (Å²) in [5, 5.41) is 2.64. The monoisotopic (exact) mass is 621 g/mol. The van der Waals surface area contributed by atoms with Crippen molar-refractivity contribution in [2.75, 3.05) is 45.5 Å². The van der Waals surface area contributed by atoms with Crippen molar-refractivity contribution in [1.29, 1.82) is 0 Å². The number of hydrogen-bond donors (Lipinski definition) is 1. The Morgan fingerprint density at radius 1 is 0.730 bits per heavy atom. The summed E-state index contributed by atoms with van der Waals surface area (Å²) in [7, 11) is 9.07. The van der Waals surface area contributed by atoms with Crippen molar-refractivity contribution < 1.29 is 19.2 Å². The maximum absolute atomic E-state index is 11.9. The summed E-state index contributed by atoms with van der Waals surface area (Å²) < 4.78 is 0. The summed E-state index contributed by atoms with van der Waals surface area (Å²) in [6, 6.07) is 13.9. The van der Waals surface area contributed by atoms with Crippen LogP contribution in [0.2, 0.25) is 0 Å². The highest BCUT2D eigenvalue weighted by atomic mass is 127. The van der Waals surface area contributed by atoms with Gasteiger partial charge in [0.25, 0.3) is 0 Å². The lowest BCUT2D eigenvalue weighted by Gasteiger charge is -2.15. The molecule has 0 radical (unpaired) electrons. The third kappa shape index (κ3) is 13.9. The van der Waals surface area contributed by atoms with Crippen LogP contribution in [-0.2, 0) is 9.59 Å². The van der Waals surface area contributed by atoms with Crippen molar-refractivity contribution in [1.82, 2.24) is 9.80 Å². The van der Waals surface area contributed by atoms with E-state index in [4.69, 9.17) is 0 Å². The van der Waals surface area contributed by atoms with Crippen LogP contribution in [0.4, 0.5) is 11.4 Å². The van der Waals surface area contributed by atoms with Gasteiger partial charge in [-0.15, -0.1) is 24.0 Å². The molecule has 0 aliphatic carbocycles. The van der Waals surface area contributed by atoms with Gasteiger partial charge in [-0.25, -0.2) is 0 Å². The molecule has 0 saturated heterocycles. The number of ketones is 2. The van der Waals surface area contributed by atoms with Crippen molar-refractivity contribution in [3.8, 4) is 0 Å². The Labute approximate surface area is 238 Å². The number of carbonyl (C=O) groups is 4. The van der Waals surface area contributed by atoms with Gasteiger partial charge in [0.1, 0.15) is 0 Å². The van der Waals surface area contributed by atoms with E-state index in [0.29, 0.717) is 22.5 Å². The van der Waals surface area contributed by atoms with E-state index < -0.39 is 0 Å². The molecule has 9 heteroatoms. The first-order chi connectivity index (χ1) is 16.4. The molecule has 0 bridgehead atoms. The molecule has 0 unspecified atom stereocenters. The molecule has 0 fully saturated rings. The van der Waals surface area contributed by atoms with Crippen LogP contribution in [0.15, 0.2) is 73.1 Å². The molecule has 0 aliphatic heterocycles. The molecule has 0 aromatic heterocycles. The minimum Gasteiger partial charge on any atom is -0.383 e. The van der Waals surface area contributed by atoms with Gasteiger partial charge in [-0.05, 0) is 24.3 Å². The van der Waals surface area contributed by atoms with Crippen LogP contribution >= 0.6 is 24.0 Å². The van der Waals surface area contributed by atoms with Gasteiger partial charge >= 0.3 is 0 Å². The molecule has 0 heterocycles. The van der Waals surface area contributed by atoms with Crippen LogP contribution in [0.5, 0.6) is 0 Å². The zero-order valence-electron chi connectivity index (χ0n) is 22.8. The fourth-order valence-corrected chi connectivity index (χ4v) is 2.63. The van der Waals surface area contributed by atoms with Crippen LogP contribution in [0.25, 0.3) is 0 Å². The lowest BCUT2D eigenvalue weighted by atomic mass is 10.1. The third-order valence-corrected chi connectivity index (χ3v) is 4.51. The Kier molecular flexibility index (Phi) is 17.1. The van der Waals surface area contributed by atoms with Crippen LogP contribution in [0, 0.1) is 7.43 Å². The Morgan fingerprint density at radius 2 is 1.19 bits per heavy atom. The lowest BCUT2D eigenvalue weighted by Crippen LogP contribution is -2.22. The van der Waals surface area contributed by atoms with Gasteiger partial charge in [-0.2, -0.15) is 0 Å². The summed E-state index contributed by atoms with van der Waals surface area (Å²) in [4.78, 5) is 50.9. The van der Waals surface area contributed by atoms with E-state index in [-0.39, 0.29) is 54.8 Å². The van der Waals surface area contributed by atoms with E-state index in [0.717, 1.165) is 0 Å². The van der Waals surface area contributed by atoms with E-state index in [9.17, 15) is 19.2 Å². The van der Waals surface area contributed by atoms with Crippen LogP contribution in [0.3, 0.4) is 0 Å². The van der Waals surface area contributed by atoms with Crippen molar-refractivity contribution in [3.05, 3.63) is 91.6 Å². The first-order valence-electron chi connectivity index (χ1n) is 10.9. The summed E-state index contributed by atoms with van der Waals surface area (Å²) in [5.74, 6) is -0.393. The van der Waals surface area contributed by atoms with Gasteiger partial charge in [0.05, 0.1) is 0 Å². The van der Waals surface area contributed by atoms with Gasteiger partial charge in [0.2, 0.25) is 11.8 Å². The maximum Gasteiger partial charge on any atom is 0.223 e. The standard InChI is InChI=1S/C14H18N2O2.C13H16N2O2.CH3.HI/c1-11(17)16(4)13-7-5-6-12(10-13)14(18)8-9-15(2)3;1-10(16)14-12-6-4-5-11(9-12)13(17)7-8-15(2)3;;/h5-10H,1-4H3;4-9H,1-3H3,(H,14,16);1H3;1H/q;;+1;/b9-8-;8-7-;;. The first kappa shape index (κ1) is 35.6. The largest absolute Gasteiger partial charge is 0.383 e. The van der Waals surface area contributed by atoms with E-state index in [2.05, 4.69) is 5.32 Å². The van der Waals surface area contributed by atoms with Gasteiger partial charge in [-0.3, -0.25) is 19.2 Å². The first-order valence-corrected chi connectivity index (χ1v) is 10.9. The number of allylic oxidation sites excluding steroid dienone is 2. The highest BCUT2D eigenvalue weighted by Gasteiger charge is 2.08. The third-order valence-electron chi connectivity index (χ3n) is 4.51. The quantitative estimate of drug-likeness (QED) is 0.195. The molecule has 8 nitrogen and oxygen atoms in total. The van der Waals surface area contributed by atoms with Gasteiger partial charge in [0, 0.05) is 104 Å². The zero-order valence-corrected chi connectivity index (χ0v) is 25.1. The van der Waals surface area contributed by atoms with Crippen molar-refractivity contribution >= 4 is 58.7 Å². The number of amides is 2. The number of carbonyl (C=O) groups excluding carboxylic acids is 4. The second-order valence-corrected chi connectivity index (χ2v) is 8.18. The molecular weight excluding hydrogens is 583 g/mol. The molecule has 0 spiro atoms. The van der Waals surface area contributed by atoms with Crippen LogP contribution in [-0.4, -0.2) is 68.4 Å². The molecule has 37 heavy (non-hydrogen) atoms. The fraction of sp³-hybridized carbons (Fsp3) is 0.250. The maximum atomic E-state index is 11.9. The van der Waals surface area contributed by atoms with Gasteiger partial charge in [-0.1, -0.05) is 24.3 Å². The van der Waals surface area contributed by atoms with Crippen molar-refractivity contribution in [3.63, 3.8) is 0 Å². The number of rotatable bonds is 8. The molecule has 2 aromatic carbocycles. The Morgan fingerprint density at radius 3 is 1.62 bits per heavy atom. The molecule has 2 aromatic rings.